The number of carbonyl (C=O) groups is 2. The third kappa shape index (κ3) is 3.51. The van der Waals surface area contributed by atoms with E-state index >= 15 is 0 Å². The van der Waals surface area contributed by atoms with Crippen LogP contribution in [-0.2, 0) is 4.79 Å². The van der Waals surface area contributed by atoms with Gasteiger partial charge in [0.2, 0.25) is 5.13 Å². The van der Waals surface area contributed by atoms with E-state index in [-0.39, 0.29) is 18.3 Å². The molecule has 1 aromatic carbocycles. The van der Waals surface area contributed by atoms with Crippen LogP contribution >= 0.6 is 11.3 Å². The van der Waals surface area contributed by atoms with Crippen molar-refractivity contribution in [2.45, 2.75) is 6.92 Å². The fourth-order valence-electron chi connectivity index (χ4n) is 1.44. The molecule has 0 aliphatic carbocycles. The van der Waals surface area contributed by atoms with E-state index in [4.69, 9.17) is 10.5 Å². The second-order valence-corrected chi connectivity index (χ2v) is 5.01. The smallest absolute Gasteiger partial charge is 0.261 e. The van der Waals surface area contributed by atoms with Gasteiger partial charge in [-0.3, -0.25) is 14.9 Å². The lowest BCUT2D eigenvalue weighted by Crippen LogP contribution is -2.21. The van der Waals surface area contributed by atoms with Crippen molar-refractivity contribution in [2.75, 3.05) is 11.9 Å². The molecular formula is C12H12N4O3S. The predicted molar refractivity (Wildman–Crippen MR) is 73.7 cm³/mol. The topological polar surface area (TPSA) is 107 Å². The van der Waals surface area contributed by atoms with Crippen LogP contribution in [0.3, 0.4) is 0 Å². The van der Waals surface area contributed by atoms with Gasteiger partial charge in [-0.05, 0) is 19.1 Å². The van der Waals surface area contributed by atoms with E-state index < -0.39 is 5.91 Å². The summed E-state index contributed by atoms with van der Waals surface area (Å²) in [4.78, 5) is 22.8. The van der Waals surface area contributed by atoms with Crippen LogP contribution in [0.15, 0.2) is 24.3 Å². The number of rotatable bonds is 5. The quantitative estimate of drug-likeness (QED) is 0.853. The number of hydrogen-bond acceptors (Lipinski definition) is 6. The highest BCUT2D eigenvalue weighted by Crippen LogP contribution is 2.21. The number of amides is 2. The summed E-state index contributed by atoms with van der Waals surface area (Å²) in [5, 5.41) is 11.4. The molecule has 20 heavy (non-hydrogen) atoms. The van der Waals surface area contributed by atoms with E-state index in [0.717, 1.165) is 5.01 Å². The first-order chi connectivity index (χ1) is 9.56. The molecule has 2 amide bonds. The molecule has 2 aromatic rings. The van der Waals surface area contributed by atoms with Gasteiger partial charge in [-0.25, -0.2) is 0 Å². The lowest BCUT2D eigenvalue weighted by Gasteiger charge is -2.09. The van der Waals surface area contributed by atoms with Crippen molar-refractivity contribution in [1.29, 1.82) is 0 Å². The van der Waals surface area contributed by atoms with Gasteiger partial charge in [-0.1, -0.05) is 23.5 Å². The first-order valence-corrected chi connectivity index (χ1v) is 6.49. The minimum Gasteiger partial charge on any atom is -0.483 e. The Balaban J connectivity index is 2.14. The second kappa shape index (κ2) is 6.11. The summed E-state index contributed by atoms with van der Waals surface area (Å²) < 4.78 is 5.19. The highest BCUT2D eigenvalue weighted by molar-refractivity contribution is 7.15. The van der Waals surface area contributed by atoms with Crippen LogP contribution in [0.5, 0.6) is 5.75 Å². The first kappa shape index (κ1) is 13.9. The maximum atomic E-state index is 12.1. The molecule has 1 aromatic heterocycles. The molecule has 0 saturated heterocycles. The number of nitrogens with two attached hydrogens (primary N) is 1. The number of benzene rings is 1. The van der Waals surface area contributed by atoms with Gasteiger partial charge < -0.3 is 10.5 Å². The average Bonchev–Trinajstić information content (AvgIpc) is 2.82. The van der Waals surface area contributed by atoms with Crippen molar-refractivity contribution < 1.29 is 14.3 Å². The van der Waals surface area contributed by atoms with Crippen LogP contribution in [0.1, 0.15) is 15.4 Å². The van der Waals surface area contributed by atoms with E-state index in [1.54, 1.807) is 31.2 Å². The van der Waals surface area contributed by atoms with Gasteiger partial charge in [-0.2, -0.15) is 0 Å². The molecule has 0 bridgehead atoms. The molecule has 0 spiro atoms. The van der Waals surface area contributed by atoms with Gasteiger partial charge in [-0.15, -0.1) is 10.2 Å². The zero-order valence-corrected chi connectivity index (χ0v) is 11.4. The third-order valence-electron chi connectivity index (χ3n) is 2.25. The fourth-order valence-corrected chi connectivity index (χ4v) is 2.03. The molecule has 2 rings (SSSR count). The van der Waals surface area contributed by atoms with E-state index in [1.165, 1.54) is 11.3 Å². The summed E-state index contributed by atoms with van der Waals surface area (Å²) in [6.45, 7) is 1.50. The number of hydrogen-bond donors (Lipinski definition) is 2. The number of aryl methyl sites for hydroxylation is 1. The Morgan fingerprint density at radius 1 is 1.35 bits per heavy atom. The van der Waals surface area contributed by atoms with E-state index in [9.17, 15) is 9.59 Å². The molecule has 0 fully saturated rings. The fraction of sp³-hybridized carbons (Fsp3) is 0.167. The largest absolute Gasteiger partial charge is 0.483 e. The summed E-state index contributed by atoms with van der Waals surface area (Å²) in [6, 6.07) is 6.56. The van der Waals surface area contributed by atoms with Gasteiger partial charge in [0.05, 0.1) is 5.56 Å². The van der Waals surface area contributed by atoms with Crippen LogP contribution in [0.25, 0.3) is 0 Å². The van der Waals surface area contributed by atoms with Gasteiger partial charge in [0.1, 0.15) is 10.8 Å². The maximum absolute atomic E-state index is 12.1. The molecule has 3 N–H and O–H groups in total. The van der Waals surface area contributed by atoms with Gasteiger partial charge in [0.25, 0.3) is 11.8 Å². The number of carbonyl (C=O) groups excluding carboxylic acids is 2. The highest BCUT2D eigenvalue weighted by atomic mass is 32.1. The highest BCUT2D eigenvalue weighted by Gasteiger charge is 2.14. The van der Waals surface area contributed by atoms with E-state index in [2.05, 4.69) is 15.5 Å². The summed E-state index contributed by atoms with van der Waals surface area (Å²) in [5.74, 6) is -0.716. The summed E-state index contributed by atoms with van der Waals surface area (Å²) >= 11 is 1.27. The zero-order chi connectivity index (χ0) is 14.5. The van der Waals surface area contributed by atoms with Crippen LogP contribution in [0.2, 0.25) is 0 Å². The molecule has 0 unspecified atom stereocenters. The molecule has 1 heterocycles. The number of primary amides is 1. The Morgan fingerprint density at radius 2 is 2.10 bits per heavy atom. The number of nitrogens with one attached hydrogen (secondary N) is 1. The second-order valence-electron chi connectivity index (χ2n) is 3.83. The van der Waals surface area contributed by atoms with Crippen molar-refractivity contribution in [3.8, 4) is 5.75 Å². The van der Waals surface area contributed by atoms with Crippen molar-refractivity contribution in [1.82, 2.24) is 10.2 Å². The van der Waals surface area contributed by atoms with Gasteiger partial charge in [0.15, 0.2) is 6.61 Å². The molecule has 0 aliphatic heterocycles. The maximum Gasteiger partial charge on any atom is 0.261 e. The minimum atomic E-state index is -0.611. The first-order valence-electron chi connectivity index (χ1n) is 5.68. The van der Waals surface area contributed by atoms with E-state index in [1.807, 2.05) is 0 Å². The number of nitrogens with zero attached hydrogens (tertiary/aromatic N) is 2. The third-order valence-corrected chi connectivity index (χ3v) is 3.00. The van der Waals surface area contributed by atoms with Crippen LogP contribution in [0.4, 0.5) is 5.13 Å². The van der Waals surface area contributed by atoms with E-state index in [0.29, 0.717) is 10.7 Å². The molecule has 0 aliphatic rings. The van der Waals surface area contributed by atoms with Crippen molar-refractivity contribution in [3.05, 3.63) is 34.8 Å². The number of aromatic nitrogens is 2. The summed E-state index contributed by atoms with van der Waals surface area (Å²) in [5.41, 5.74) is 5.30. The summed E-state index contributed by atoms with van der Waals surface area (Å²) in [6.07, 6.45) is 0. The normalized spacial score (nSPS) is 10.1. The average molecular weight is 292 g/mol. The lowest BCUT2D eigenvalue weighted by atomic mass is 10.2. The van der Waals surface area contributed by atoms with Crippen LogP contribution in [-0.4, -0.2) is 28.6 Å². The Morgan fingerprint density at radius 3 is 2.75 bits per heavy atom. The van der Waals surface area contributed by atoms with Gasteiger partial charge in [0, 0.05) is 0 Å². The Kier molecular flexibility index (Phi) is 4.26. The SMILES string of the molecule is Cc1nnc(NC(=O)c2ccccc2OCC(N)=O)s1. The molecule has 8 heteroatoms. The number of ether oxygens (including phenoxy) is 1. The minimum absolute atomic E-state index is 0.282. The molecule has 104 valence electrons. The van der Waals surface area contributed by atoms with Gasteiger partial charge >= 0.3 is 0 Å². The Labute approximate surface area is 118 Å². The Hall–Kier alpha value is -2.48. The molecule has 0 atom stereocenters. The Bertz CT molecular complexity index is 641. The molecule has 0 radical (unpaired) electrons. The van der Waals surface area contributed by atoms with Crippen molar-refractivity contribution in [3.63, 3.8) is 0 Å². The molecular weight excluding hydrogens is 280 g/mol. The number of anilines is 1. The van der Waals surface area contributed by atoms with Crippen LogP contribution in [0, 0.1) is 6.92 Å². The molecule has 0 saturated carbocycles. The summed E-state index contributed by atoms with van der Waals surface area (Å²) in [7, 11) is 0. The molecule has 7 nitrogen and oxygen atoms in total. The van der Waals surface area contributed by atoms with Crippen molar-refractivity contribution >= 4 is 28.3 Å². The predicted octanol–water partition coefficient (Wildman–Crippen LogP) is 0.963. The standard InChI is InChI=1S/C12H12N4O3S/c1-7-15-16-12(20-7)14-11(18)8-4-2-3-5-9(8)19-6-10(13)17/h2-5H,6H2,1H3,(H2,13,17)(H,14,16,18). The number of para-hydroxylation sites is 1. The van der Waals surface area contributed by atoms with Crippen LogP contribution < -0.4 is 15.8 Å². The lowest BCUT2D eigenvalue weighted by molar-refractivity contribution is -0.119. The zero-order valence-electron chi connectivity index (χ0n) is 10.6. The monoisotopic (exact) mass is 292 g/mol. The van der Waals surface area contributed by atoms with Crippen molar-refractivity contribution in [2.24, 2.45) is 5.73 Å².